The molecule has 0 unspecified atom stereocenters. The van der Waals surface area contributed by atoms with Crippen LogP contribution in [0.25, 0.3) is 0 Å². The summed E-state index contributed by atoms with van der Waals surface area (Å²) >= 11 is 1.94. The van der Waals surface area contributed by atoms with E-state index in [-0.39, 0.29) is 41.0 Å². The maximum Gasteiger partial charge on any atom is 1.00 e. The second-order valence-electron chi connectivity index (χ2n) is 2.55. The Hall–Kier alpha value is -0.110. The van der Waals surface area contributed by atoms with Gasteiger partial charge < -0.3 is 15.2 Å². The van der Waals surface area contributed by atoms with Gasteiger partial charge >= 0.3 is 29.6 Å². The third-order valence-corrected chi connectivity index (χ3v) is 2.22. The molecule has 1 rings (SSSR count). The summed E-state index contributed by atoms with van der Waals surface area (Å²) in [6.07, 6.45) is 0. The molecule has 0 atom stereocenters. The van der Waals surface area contributed by atoms with Crippen molar-refractivity contribution in [2.45, 2.75) is 0 Å². The molecule has 0 fully saturated rings. The van der Waals surface area contributed by atoms with E-state index in [0.29, 0.717) is 10.1 Å². The number of aromatic carboxylic acids is 1. The quantitative estimate of drug-likeness (QED) is 0.377. The summed E-state index contributed by atoms with van der Waals surface area (Å²) < 4.78 is 0.361. The zero-order chi connectivity index (χ0) is 10.6. The molecule has 1 amide bonds. The molecule has 1 N–H and O–H groups in total. The van der Waals surface area contributed by atoms with Crippen LogP contribution in [-0.2, 0) is 4.79 Å². The first-order valence-corrected chi connectivity index (χ1v) is 5.33. The zero-order valence-corrected chi connectivity index (χ0v) is 12.3. The van der Waals surface area contributed by atoms with Crippen molar-refractivity contribution < 1.29 is 44.3 Å². The SMILES string of the molecule is O=C(CI)Nc1ccc(C(=O)[O-])cc1.[Na+]. The Balaban J connectivity index is 0.00000196. The maximum atomic E-state index is 11.0. The summed E-state index contributed by atoms with van der Waals surface area (Å²) in [7, 11) is 0. The van der Waals surface area contributed by atoms with Crippen molar-refractivity contribution in [3.63, 3.8) is 0 Å². The molecule has 6 heteroatoms. The number of rotatable bonds is 3. The smallest absolute Gasteiger partial charge is 0.545 e. The average Bonchev–Trinajstić information content (AvgIpc) is 2.18. The number of carbonyl (C=O) groups excluding carboxylic acids is 2. The molecule has 0 radical (unpaired) electrons. The van der Waals surface area contributed by atoms with Gasteiger partial charge in [-0.25, -0.2) is 0 Å². The van der Waals surface area contributed by atoms with Crippen LogP contribution >= 0.6 is 22.6 Å². The van der Waals surface area contributed by atoms with Gasteiger partial charge in [-0.1, -0.05) is 34.7 Å². The average molecular weight is 327 g/mol. The van der Waals surface area contributed by atoms with Crippen LogP contribution in [0.15, 0.2) is 24.3 Å². The molecule has 4 nitrogen and oxygen atoms in total. The maximum absolute atomic E-state index is 11.0. The third-order valence-electron chi connectivity index (χ3n) is 1.53. The number of alkyl halides is 1. The van der Waals surface area contributed by atoms with Gasteiger partial charge in [-0.15, -0.1) is 0 Å². The van der Waals surface area contributed by atoms with Crippen molar-refractivity contribution in [1.29, 1.82) is 0 Å². The molecular formula is C9H7INNaO3. The largest absolute Gasteiger partial charge is 1.00 e. The Labute approximate surface area is 123 Å². The Kier molecular flexibility index (Phi) is 7.16. The van der Waals surface area contributed by atoms with Crippen LogP contribution in [-0.4, -0.2) is 16.3 Å². The number of anilines is 1. The number of amides is 1. The molecular weight excluding hydrogens is 320 g/mol. The number of hydrogen-bond donors (Lipinski definition) is 1. The summed E-state index contributed by atoms with van der Waals surface area (Å²) in [5.41, 5.74) is 0.675. The van der Waals surface area contributed by atoms with Gasteiger partial charge in [0.05, 0.1) is 10.4 Å². The van der Waals surface area contributed by atoms with Gasteiger partial charge in [-0.3, -0.25) is 4.79 Å². The molecule has 15 heavy (non-hydrogen) atoms. The molecule has 0 heterocycles. The van der Waals surface area contributed by atoms with Crippen molar-refractivity contribution in [2.24, 2.45) is 0 Å². The molecule has 0 bridgehead atoms. The van der Waals surface area contributed by atoms with Crippen LogP contribution in [0, 0.1) is 0 Å². The first-order chi connectivity index (χ1) is 6.63. The monoisotopic (exact) mass is 327 g/mol. The molecule has 0 aliphatic carbocycles. The minimum Gasteiger partial charge on any atom is -0.545 e. The van der Waals surface area contributed by atoms with Gasteiger partial charge in [0.15, 0.2) is 0 Å². The predicted molar refractivity (Wildman–Crippen MR) is 58.3 cm³/mol. The third kappa shape index (κ3) is 4.96. The van der Waals surface area contributed by atoms with Crippen LogP contribution in [0.3, 0.4) is 0 Å². The summed E-state index contributed by atoms with van der Waals surface area (Å²) in [6, 6.07) is 5.82. The van der Waals surface area contributed by atoms with Crippen molar-refractivity contribution in [3.05, 3.63) is 29.8 Å². The molecule has 0 spiro atoms. The first kappa shape index (κ1) is 14.9. The van der Waals surface area contributed by atoms with E-state index in [2.05, 4.69) is 5.32 Å². The van der Waals surface area contributed by atoms with Gasteiger partial charge in [-0.05, 0) is 17.7 Å². The minimum atomic E-state index is -1.23. The Bertz CT molecular complexity index is 353. The standard InChI is InChI=1S/C9H8INO3.Na/c10-5-8(12)11-7-3-1-6(2-4-7)9(13)14;/h1-4H,5H2,(H,11,12)(H,13,14);/q;+1/p-1. The number of benzene rings is 1. The number of carboxylic acids is 1. The topological polar surface area (TPSA) is 69.2 Å². The number of halogens is 1. The Morgan fingerprint density at radius 2 is 1.80 bits per heavy atom. The normalized spacial score (nSPS) is 8.87. The fraction of sp³-hybridized carbons (Fsp3) is 0.111. The molecule has 74 valence electrons. The minimum absolute atomic E-state index is 0. The molecule has 1 aromatic rings. The van der Waals surface area contributed by atoms with E-state index in [9.17, 15) is 14.7 Å². The predicted octanol–water partition coefficient (Wildman–Crippen LogP) is -2.57. The van der Waals surface area contributed by atoms with Gasteiger partial charge in [0.1, 0.15) is 0 Å². The fourth-order valence-corrected chi connectivity index (χ4v) is 1.07. The van der Waals surface area contributed by atoms with Gasteiger partial charge in [-0.2, -0.15) is 0 Å². The van der Waals surface area contributed by atoms with Crippen LogP contribution in [0.4, 0.5) is 5.69 Å². The number of hydrogen-bond acceptors (Lipinski definition) is 3. The van der Waals surface area contributed by atoms with Crippen LogP contribution in [0.2, 0.25) is 0 Å². The van der Waals surface area contributed by atoms with Gasteiger partial charge in [0, 0.05) is 5.69 Å². The van der Waals surface area contributed by atoms with Crippen molar-refractivity contribution in [2.75, 3.05) is 9.74 Å². The Morgan fingerprint density at radius 1 is 1.27 bits per heavy atom. The van der Waals surface area contributed by atoms with Crippen LogP contribution in [0.5, 0.6) is 0 Å². The van der Waals surface area contributed by atoms with E-state index in [1.807, 2.05) is 22.6 Å². The van der Waals surface area contributed by atoms with E-state index in [4.69, 9.17) is 0 Å². The second-order valence-corrected chi connectivity index (χ2v) is 3.31. The summed E-state index contributed by atoms with van der Waals surface area (Å²) in [5, 5.41) is 13.0. The number of carboxylic acid groups (broad SMARTS) is 1. The zero-order valence-electron chi connectivity index (χ0n) is 8.12. The molecule has 0 saturated heterocycles. The molecule has 1 aromatic carbocycles. The summed E-state index contributed by atoms with van der Waals surface area (Å²) in [4.78, 5) is 21.3. The van der Waals surface area contributed by atoms with E-state index in [1.54, 1.807) is 0 Å². The fourth-order valence-electron chi connectivity index (χ4n) is 0.884. The van der Waals surface area contributed by atoms with Crippen LogP contribution in [0.1, 0.15) is 10.4 Å². The van der Waals surface area contributed by atoms with Crippen molar-refractivity contribution in [3.8, 4) is 0 Å². The molecule has 0 aliphatic heterocycles. The van der Waals surface area contributed by atoms with E-state index < -0.39 is 5.97 Å². The van der Waals surface area contributed by atoms with Gasteiger partial charge in [0.25, 0.3) is 0 Å². The van der Waals surface area contributed by atoms with Gasteiger partial charge in [0.2, 0.25) is 5.91 Å². The van der Waals surface area contributed by atoms with E-state index >= 15 is 0 Å². The summed E-state index contributed by atoms with van der Waals surface area (Å²) in [5.74, 6) is -1.34. The number of carbonyl (C=O) groups is 2. The molecule has 0 aromatic heterocycles. The Morgan fingerprint density at radius 3 is 2.20 bits per heavy atom. The first-order valence-electron chi connectivity index (χ1n) is 3.80. The van der Waals surface area contributed by atoms with E-state index in [0.717, 1.165) is 0 Å². The van der Waals surface area contributed by atoms with E-state index in [1.165, 1.54) is 24.3 Å². The second kappa shape index (κ2) is 7.21. The van der Waals surface area contributed by atoms with Crippen molar-refractivity contribution in [1.82, 2.24) is 0 Å². The number of nitrogens with one attached hydrogen (secondary N) is 1. The van der Waals surface area contributed by atoms with Crippen LogP contribution < -0.4 is 40.0 Å². The summed E-state index contributed by atoms with van der Waals surface area (Å²) in [6.45, 7) is 0. The molecule has 0 saturated carbocycles. The molecule has 0 aliphatic rings. The van der Waals surface area contributed by atoms with Crippen molar-refractivity contribution >= 4 is 40.2 Å².